The number of rotatable bonds is 0. The van der Waals surface area contributed by atoms with Gasteiger partial charge < -0.3 is 10.2 Å². The third-order valence-electron chi connectivity index (χ3n) is 4.58. The van der Waals surface area contributed by atoms with Crippen LogP contribution in [0.25, 0.3) is 0 Å². The zero-order chi connectivity index (χ0) is 25.0. The molecule has 0 aromatic heterocycles. The molecule has 2 N–H and O–H groups in total. The van der Waals surface area contributed by atoms with Crippen LogP contribution >= 0.6 is 11.8 Å². The normalized spacial score (nSPS) is 12.8. The molecule has 0 fully saturated rings. The summed E-state index contributed by atoms with van der Waals surface area (Å²) in [4.78, 5) is 3.02. The van der Waals surface area contributed by atoms with Crippen molar-refractivity contribution in [1.82, 2.24) is 0 Å². The molecule has 0 unspecified atom stereocenters. The molecule has 1 heterocycles. The van der Waals surface area contributed by atoms with Crippen molar-refractivity contribution in [1.29, 1.82) is 0 Å². The van der Waals surface area contributed by atoms with E-state index in [2.05, 4.69) is 79.7 Å². The number of benzene rings is 2. The van der Waals surface area contributed by atoms with Gasteiger partial charge in [0.2, 0.25) is 0 Å². The molecule has 1 aliphatic heterocycles. The van der Waals surface area contributed by atoms with Crippen LogP contribution in [0, 0.1) is 13.8 Å². The molecule has 0 bridgehead atoms. The third kappa shape index (κ3) is 8.99. The van der Waals surface area contributed by atoms with Crippen molar-refractivity contribution in [3.05, 3.63) is 46.5 Å². The van der Waals surface area contributed by atoms with E-state index < -0.39 is 0 Å². The van der Waals surface area contributed by atoms with E-state index in [0.717, 1.165) is 0 Å². The van der Waals surface area contributed by atoms with Gasteiger partial charge in [-0.1, -0.05) is 0 Å². The van der Waals surface area contributed by atoms with E-state index in [9.17, 15) is 0 Å². The Morgan fingerprint density at radius 3 is 1.19 bits per heavy atom. The molecule has 2 nitrogen and oxygen atoms in total. The summed E-state index contributed by atoms with van der Waals surface area (Å²) in [5, 5.41) is 16.1. The summed E-state index contributed by atoms with van der Waals surface area (Å²) in [5.41, 5.74) is 6.34. The SMILES string of the molecule is CC(C)O.CC(C)O.Cc1cc2[c](c(C(C)(C)C)c1)[Ti][c]1c(cc(C)cc1C(C)(C)C)S2. The fraction of sp³-hybridized carbons (Fsp3) is 0.571. The quantitative estimate of drug-likeness (QED) is 0.369. The second-order valence-corrected chi connectivity index (χ2v) is 14.3. The van der Waals surface area contributed by atoms with Gasteiger partial charge in [-0.2, -0.15) is 0 Å². The van der Waals surface area contributed by atoms with Gasteiger partial charge in [0.25, 0.3) is 0 Å². The number of fused-ring (bicyclic) bond motifs is 2. The first kappa shape index (κ1) is 29.5. The number of aryl methyl sites for hydroxylation is 2. The Labute approximate surface area is 210 Å². The second kappa shape index (κ2) is 11.7. The zero-order valence-electron chi connectivity index (χ0n) is 22.3. The predicted molar refractivity (Wildman–Crippen MR) is 138 cm³/mol. The van der Waals surface area contributed by atoms with Crippen LogP contribution in [-0.2, 0) is 30.0 Å². The monoisotopic (exact) mass is 492 g/mol. The van der Waals surface area contributed by atoms with Gasteiger partial charge in [-0.05, 0) is 27.7 Å². The number of aliphatic hydroxyl groups excluding tert-OH is 2. The Kier molecular flexibility index (Phi) is 10.8. The molecule has 2 aromatic rings. The first-order valence-electron chi connectivity index (χ1n) is 11.5. The van der Waals surface area contributed by atoms with Gasteiger partial charge in [-0.25, -0.2) is 0 Å². The molecule has 0 amide bonds. The van der Waals surface area contributed by atoms with Gasteiger partial charge >= 0.3 is 161 Å². The molecular formula is C28H44O2STi. The molecule has 0 saturated heterocycles. The fourth-order valence-corrected chi connectivity index (χ4v) is 8.22. The molecular weight excluding hydrogens is 448 g/mol. The molecule has 0 spiro atoms. The first-order chi connectivity index (χ1) is 14.4. The third-order valence-corrected chi connectivity index (χ3v) is 8.69. The minimum atomic E-state index is -0.312. The zero-order valence-corrected chi connectivity index (χ0v) is 24.6. The first-order valence-corrected chi connectivity index (χ1v) is 13.9. The summed E-state index contributed by atoms with van der Waals surface area (Å²) in [6, 6.07) is 9.67. The number of hydrogen-bond acceptors (Lipinski definition) is 3. The number of aliphatic hydroxyl groups is 2. The second-order valence-electron chi connectivity index (χ2n) is 11.3. The van der Waals surface area contributed by atoms with Crippen molar-refractivity contribution in [3.63, 3.8) is 0 Å². The van der Waals surface area contributed by atoms with Crippen molar-refractivity contribution in [3.8, 4) is 0 Å². The van der Waals surface area contributed by atoms with Crippen molar-refractivity contribution in [2.24, 2.45) is 0 Å². The Morgan fingerprint density at radius 1 is 0.656 bits per heavy atom. The Morgan fingerprint density at radius 2 is 0.938 bits per heavy atom. The molecule has 178 valence electrons. The van der Waals surface area contributed by atoms with Gasteiger partial charge in [0, 0.05) is 12.2 Å². The van der Waals surface area contributed by atoms with Crippen LogP contribution in [-0.4, -0.2) is 22.4 Å². The maximum atomic E-state index is 8.06. The predicted octanol–water partition coefficient (Wildman–Crippen LogP) is 6.17. The summed E-state index contributed by atoms with van der Waals surface area (Å²) in [5.74, 6) is 0. The van der Waals surface area contributed by atoms with Crippen LogP contribution in [0.1, 0.15) is 91.5 Å². The fourth-order valence-electron chi connectivity index (χ4n) is 3.35. The summed E-state index contributed by atoms with van der Waals surface area (Å²) < 4.78 is 3.33. The Bertz CT molecular complexity index is 824. The Balaban J connectivity index is 0.000000554. The van der Waals surface area contributed by atoms with Gasteiger partial charge in [-0.15, -0.1) is 0 Å². The topological polar surface area (TPSA) is 40.5 Å². The average Bonchev–Trinajstić information content (AvgIpc) is 2.56. The van der Waals surface area contributed by atoms with Crippen molar-refractivity contribution in [2.45, 2.75) is 116 Å². The van der Waals surface area contributed by atoms with E-state index in [4.69, 9.17) is 10.2 Å². The van der Waals surface area contributed by atoms with Gasteiger partial charge in [0.05, 0.1) is 0 Å². The molecule has 0 atom stereocenters. The van der Waals surface area contributed by atoms with Crippen LogP contribution in [0.5, 0.6) is 0 Å². The Hall–Kier alpha value is -0.576. The maximum absolute atomic E-state index is 8.06. The molecule has 2 aromatic carbocycles. The summed E-state index contributed by atoms with van der Waals surface area (Å²) >= 11 is 1.69. The van der Waals surface area contributed by atoms with Crippen molar-refractivity contribution >= 4 is 19.5 Å². The van der Waals surface area contributed by atoms with Crippen molar-refractivity contribution < 1.29 is 29.4 Å². The molecule has 3 rings (SSSR count). The molecule has 4 heteroatoms. The van der Waals surface area contributed by atoms with E-state index in [1.807, 2.05) is 11.8 Å². The van der Waals surface area contributed by atoms with Gasteiger partial charge in [0.1, 0.15) is 0 Å². The van der Waals surface area contributed by atoms with Crippen LogP contribution in [0.3, 0.4) is 0 Å². The average molecular weight is 493 g/mol. The molecule has 0 aliphatic carbocycles. The minimum absolute atomic E-state index is 0.167. The summed E-state index contributed by atoms with van der Waals surface area (Å²) in [6.45, 7) is 25.5. The molecule has 32 heavy (non-hydrogen) atoms. The van der Waals surface area contributed by atoms with Crippen LogP contribution in [0.4, 0.5) is 0 Å². The van der Waals surface area contributed by atoms with E-state index in [-0.39, 0.29) is 42.2 Å². The standard InChI is InChI=1S/C22H28S.2C3H8O.Ti/c1-15-9-17(21(3,4)5)13-19(11-15)23-20-12-16(2)10-18(14-20)22(6,7)8;2*1-3(2)4;/h9-12H,1-8H3;2*3-4H,1-2H3;. The van der Waals surface area contributed by atoms with E-state index in [0.29, 0.717) is 0 Å². The summed E-state index contributed by atoms with van der Waals surface area (Å²) in [6.07, 6.45) is -0.333. The number of hydrogen-bond donors (Lipinski definition) is 2. The summed E-state index contributed by atoms with van der Waals surface area (Å²) in [7, 11) is 0. The van der Waals surface area contributed by atoms with Crippen LogP contribution < -0.4 is 7.74 Å². The van der Waals surface area contributed by atoms with Gasteiger partial charge in [-0.3, -0.25) is 0 Å². The molecule has 0 radical (unpaired) electrons. The van der Waals surface area contributed by atoms with Crippen molar-refractivity contribution in [2.75, 3.05) is 0 Å². The van der Waals surface area contributed by atoms with Crippen LogP contribution in [0.2, 0.25) is 0 Å². The van der Waals surface area contributed by atoms with E-state index >= 15 is 0 Å². The molecule has 0 saturated carbocycles. The van der Waals surface area contributed by atoms with E-state index in [1.165, 1.54) is 20.9 Å². The molecule has 1 aliphatic rings. The van der Waals surface area contributed by atoms with Gasteiger partial charge in [0.15, 0.2) is 0 Å². The van der Waals surface area contributed by atoms with Crippen LogP contribution in [0.15, 0.2) is 34.1 Å². The van der Waals surface area contributed by atoms with E-state index in [1.54, 1.807) is 46.6 Å².